The van der Waals surface area contributed by atoms with Gasteiger partial charge >= 0.3 is 12.1 Å². The van der Waals surface area contributed by atoms with Crippen LogP contribution >= 0.6 is 0 Å². The second-order valence-corrected chi connectivity index (χ2v) is 10.9. The number of alkyl carbamates (subject to hydrolysis) is 1. The molecule has 1 aromatic carbocycles. The van der Waals surface area contributed by atoms with Gasteiger partial charge in [0.15, 0.2) is 5.82 Å². The van der Waals surface area contributed by atoms with Crippen molar-refractivity contribution in [3.8, 4) is 11.5 Å². The van der Waals surface area contributed by atoms with E-state index in [0.29, 0.717) is 17.3 Å². The lowest BCUT2D eigenvalue weighted by molar-refractivity contribution is 0.0377. The number of hydrogen-bond donors (Lipinski definition) is 2. The van der Waals surface area contributed by atoms with Crippen molar-refractivity contribution in [3.63, 3.8) is 0 Å². The van der Waals surface area contributed by atoms with Crippen molar-refractivity contribution in [2.24, 2.45) is 0 Å². The van der Waals surface area contributed by atoms with Gasteiger partial charge in [-0.25, -0.2) is 19.6 Å². The van der Waals surface area contributed by atoms with Crippen molar-refractivity contribution in [1.29, 1.82) is 0 Å². The first-order valence-corrected chi connectivity index (χ1v) is 12.7. The molecule has 2 N–H and O–H groups in total. The highest BCUT2D eigenvalue weighted by Gasteiger charge is 2.30. The fraction of sp³-hybridized carbons (Fsp3) is 0.429. The molecular weight excluding hydrogens is 470 g/mol. The van der Waals surface area contributed by atoms with E-state index in [9.17, 15) is 9.59 Å². The van der Waals surface area contributed by atoms with Crippen LogP contribution in [0.1, 0.15) is 82.5 Å². The van der Waals surface area contributed by atoms with Gasteiger partial charge in [0.25, 0.3) is 0 Å². The van der Waals surface area contributed by atoms with E-state index in [1.807, 2.05) is 65.8 Å². The Labute approximate surface area is 215 Å². The number of rotatable bonds is 6. The minimum atomic E-state index is -0.571. The number of esters is 1. The number of aromatic amines is 1. The second-order valence-electron chi connectivity index (χ2n) is 10.9. The molecule has 9 nitrogen and oxygen atoms in total. The molecule has 1 saturated carbocycles. The third-order valence-electron chi connectivity index (χ3n) is 6.10. The molecule has 9 heteroatoms. The van der Waals surface area contributed by atoms with Crippen molar-refractivity contribution in [1.82, 2.24) is 24.8 Å². The molecule has 0 saturated heterocycles. The van der Waals surface area contributed by atoms with Crippen molar-refractivity contribution >= 4 is 34.1 Å². The molecule has 0 bridgehead atoms. The molecule has 1 fully saturated rings. The zero-order valence-corrected chi connectivity index (χ0v) is 22.1. The average molecular weight is 504 g/mol. The molecule has 194 valence electrons. The number of ether oxygens (including phenoxy) is 2. The summed E-state index contributed by atoms with van der Waals surface area (Å²) in [4.78, 5) is 37.7. The van der Waals surface area contributed by atoms with Crippen molar-refractivity contribution in [3.05, 3.63) is 47.7 Å². The summed E-state index contributed by atoms with van der Waals surface area (Å²) in [5, 5.41) is 3.78. The maximum Gasteiger partial charge on any atom is 0.408 e. The van der Waals surface area contributed by atoms with Crippen LogP contribution in [0.5, 0.6) is 0 Å². The predicted molar refractivity (Wildman–Crippen MR) is 141 cm³/mol. The minimum Gasteiger partial charge on any atom is -0.459 e. The lowest BCUT2D eigenvalue weighted by atomic mass is 10.2. The molecule has 0 radical (unpaired) electrons. The van der Waals surface area contributed by atoms with Crippen LogP contribution in [-0.4, -0.2) is 43.3 Å². The van der Waals surface area contributed by atoms with Gasteiger partial charge in [0, 0.05) is 11.4 Å². The van der Waals surface area contributed by atoms with Gasteiger partial charge in [-0.1, -0.05) is 0 Å². The maximum absolute atomic E-state index is 12.4. The fourth-order valence-electron chi connectivity index (χ4n) is 4.34. The molecule has 1 aliphatic carbocycles. The lowest BCUT2D eigenvalue weighted by Crippen LogP contribution is -2.34. The fourth-order valence-corrected chi connectivity index (χ4v) is 4.34. The molecule has 1 amide bonds. The van der Waals surface area contributed by atoms with E-state index >= 15 is 0 Å². The summed E-state index contributed by atoms with van der Waals surface area (Å²) in [5.74, 6) is 0.460. The Morgan fingerprint density at radius 1 is 1.08 bits per heavy atom. The second kappa shape index (κ2) is 9.21. The molecule has 0 spiro atoms. The summed E-state index contributed by atoms with van der Waals surface area (Å²) >= 11 is 0. The van der Waals surface area contributed by atoms with E-state index in [4.69, 9.17) is 19.4 Å². The standard InChI is InChI=1S/C28H33N5O4/c1-15(2)36-26(34)18-8-12-23-21(14-18)32-25(33(23)19-9-10-19)22-13-17-7-11-20(30-24(17)31-22)16(3)29-27(35)37-28(4,5)6/h7-8,11-16,19H,9-10H2,1-6H3,(H,29,35)(H,30,31)/t16-/m1/s1. The zero-order valence-electron chi connectivity index (χ0n) is 22.1. The first kappa shape index (κ1) is 24.8. The summed E-state index contributed by atoms with van der Waals surface area (Å²) in [7, 11) is 0. The molecule has 37 heavy (non-hydrogen) atoms. The van der Waals surface area contributed by atoms with Gasteiger partial charge in [0.2, 0.25) is 0 Å². The first-order chi connectivity index (χ1) is 17.5. The normalized spacial score (nSPS) is 14.8. The minimum absolute atomic E-state index is 0.187. The van der Waals surface area contributed by atoms with Crippen molar-refractivity contribution < 1.29 is 19.1 Å². The Bertz CT molecular complexity index is 1490. The average Bonchev–Trinajstić information content (AvgIpc) is 3.43. The van der Waals surface area contributed by atoms with Crippen molar-refractivity contribution in [2.45, 2.75) is 78.2 Å². The van der Waals surface area contributed by atoms with Crippen LogP contribution in [0.15, 0.2) is 36.4 Å². The Hall–Kier alpha value is -3.88. The van der Waals surface area contributed by atoms with Gasteiger partial charge in [0.05, 0.1) is 40.1 Å². The van der Waals surface area contributed by atoms with E-state index in [1.165, 1.54) is 0 Å². The summed E-state index contributed by atoms with van der Waals surface area (Å²) < 4.78 is 13.0. The predicted octanol–water partition coefficient (Wildman–Crippen LogP) is 6.07. The van der Waals surface area contributed by atoms with Crippen molar-refractivity contribution in [2.75, 3.05) is 0 Å². The van der Waals surface area contributed by atoms with Crippen LogP contribution in [0.25, 0.3) is 33.6 Å². The van der Waals surface area contributed by atoms with E-state index in [-0.39, 0.29) is 18.1 Å². The van der Waals surface area contributed by atoms with Gasteiger partial charge in [-0.05, 0) is 90.8 Å². The van der Waals surface area contributed by atoms with E-state index in [1.54, 1.807) is 12.1 Å². The topological polar surface area (TPSA) is 111 Å². The van der Waals surface area contributed by atoms with Crippen LogP contribution < -0.4 is 5.32 Å². The molecule has 0 aliphatic heterocycles. The SMILES string of the molecule is CC(C)OC(=O)c1ccc2c(c1)nc(-c1cc3ccc([C@@H](C)NC(=O)OC(C)(C)C)nc3[nH]1)n2C1CC1. The molecule has 4 aromatic rings. The number of nitrogens with one attached hydrogen (secondary N) is 2. The highest BCUT2D eigenvalue weighted by atomic mass is 16.6. The number of imidazole rings is 1. The van der Waals surface area contributed by atoms with Crippen LogP contribution in [-0.2, 0) is 9.47 Å². The summed E-state index contributed by atoms with van der Waals surface area (Å²) in [6, 6.07) is 11.5. The molecule has 1 aliphatic rings. The number of carbonyl (C=O) groups excluding carboxylic acids is 2. The number of nitrogens with zero attached hydrogens (tertiary/aromatic N) is 3. The number of hydrogen-bond acceptors (Lipinski definition) is 6. The smallest absolute Gasteiger partial charge is 0.408 e. The van der Waals surface area contributed by atoms with Crippen LogP contribution in [0.2, 0.25) is 0 Å². The van der Waals surface area contributed by atoms with Gasteiger partial charge in [-0.3, -0.25) is 0 Å². The van der Waals surface area contributed by atoms with Gasteiger partial charge in [-0.2, -0.15) is 0 Å². The largest absolute Gasteiger partial charge is 0.459 e. The molecule has 5 rings (SSSR count). The van der Waals surface area contributed by atoms with E-state index < -0.39 is 11.7 Å². The quantitative estimate of drug-likeness (QED) is 0.309. The molecule has 3 heterocycles. The number of benzene rings is 1. The third kappa shape index (κ3) is 5.30. The first-order valence-electron chi connectivity index (χ1n) is 12.7. The van der Waals surface area contributed by atoms with E-state index in [0.717, 1.165) is 46.5 Å². The Morgan fingerprint density at radius 2 is 1.84 bits per heavy atom. The van der Waals surface area contributed by atoms with E-state index in [2.05, 4.69) is 14.9 Å². The maximum atomic E-state index is 12.4. The summed E-state index contributed by atoms with van der Waals surface area (Å²) in [6.07, 6.45) is 1.51. The number of amides is 1. The number of aromatic nitrogens is 4. The summed E-state index contributed by atoms with van der Waals surface area (Å²) in [5.41, 5.74) is 3.93. The van der Waals surface area contributed by atoms with Gasteiger partial charge < -0.3 is 24.3 Å². The number of fused-ring (bicyclic) bond motifs is 2. The van der Waals surface area contributed by atoms with Crippen LogP contribution in [0.4, 0.5) is 4.79 Å². The Kier molecular flexibility index (Phi) is 6.17. The summed E-state index contributed by atoms with van der Waals surface area (Å²) in [6.45, 7) is 11.0. The van der Waals surface area contributed by atoms with Crippen LogP contribution in [0, 0.1) is 0 Å². The van der Waals surface area contributed by atoms with Gasteiger partial charge in [0.1, 0.15) is 11.2 Å². The molecule has 1 atom stereocenters. The number of pyridine rings is 1. The molecular formula is C28H33N5O4. The molecule has 0 unspecified atom stereocenters. The lowest BCUT2D eigenvalue weighted by Gasteiger charge is -2.21. The highest BCUT2D eigenvalue weighted by molar-refractivity contribution is 5.95. The zero-order chi connectivity index (χ0) is 26.5. The Morgan fingerprint density at radius 3 is 2.51 bits per heavy atom. The highest BCUT2D eigenvalue weighted by Crippen LogP contribution is 2.41. The van der Waals surface area contributed by atoms with Gasteiger partial charge in [-0.15, -0.1) is 0 Å². The molecule has 3 aromatic heterocycles. The Balaban J connectivity index is 1.47. The number of H-pyrrole nitrogens is 1. The van der Waals surface area contributed by atoms with Crippen LogP contribution in [0.3, 0.4) is 0 Å². The monoisotopic (exact) mass is 503 g/mol. The number of carbonyl (C=O) groups is 2. The third-order valence-corrected chi connectivity index (χ3v) is 6.10.